The lowest BCUT2D eigenvalue weighted by molar-refractivity contribution is -0.111. The van der Waals surface area contributed by atoms with Gasteiger partial charge in [0.2, 0.25) is 0 Å². The first-order valence-electron chi connectivity index (χ1n) is 9.32. The minimum absolute atomic E-state index is 0.195. The van der Waals surface area contributed by atoms with E-state index in [0.29, 0.717) is 0 Å². The summed E-state index contributed by atoms with van der Waals surface area (Å²) >= 11 is 0. The van der Waals surface area contributed by atoms with E-state index in [1.54, 1.807) is 6.08 Å². The average molecular weight is 328 g/mol. The standard InChI is InChI=1S/C19H37NO3/c1-2-17(15-21)13-11-9-7-5-3-4-6-8-10-12-14-19(23)18(20)16-22/h12,14-15,17-19,22-23H,2-11,13,16,20H2,1H3/b14-12+/t17?,18-,19+/m0/s1. The van der Waals surface area contributed by atoms with Gasteiger partial charge in [0.15, 0.2) is 0 Å². The summed E-state index contributed by atoms with van der Waals surface area (Å²) in [7, 11) is 0. The van der Waals surface area contributed by atoms with E-state index in [1.807, 2.05) is 6.08 Å². The number of unbranched alkanes of at least 4 members (excludes halogenated alkanes) is 8. The van der Waals surface area contributed by atoms with E-state index in [1.165, 1.54) is 44.9 Å². The van der Waals surface area contributed by atoms with Gasteiger partial charge < -0.3 is 20.7 Å². The van der Waals surface area contributed by atoms with Crippen LogP contribution in [0, 0.1) is 5.92 Å². The van der Waals surface area contributed by atoms with Crippen molar-refractivity contribution in [3.8, 4) is 0 Å². The van der Waals surface area contributed by atoms with Crippen LogP contribution in [0.3, 0.4) is 0 Å². The summed E-state index contributed by atoms with van der Waals surface area (Å²) in [6.07, 6.45) is 16.9. The Bertz CT molecular complexity index is 294. The van der Waals surface area contributed by atoms with E-state index in [-0.39, 0.29) is 12.5 Å². The van der Waals surface area contributed by atoms with Crippen molar-refractivity contribution in [1.29, 1.82) is 0 Å². The molecule has 3 atom stereocenters. The van der Waals surface area contributed by atoms with E-state index >= 15 is 0 Å². The molecule has 4 N–H and O–H groups in total. The van der Waals surface area contributed by atoms with Crippen molar-refractivity contribution in [2.45, 2.75) is 89.7 Å². The number of carbonyl (C=O) groups is 1. The maximum atomic E-state index is 10.7. The van der Waals surface area contributed by atoms with Crippen LogP contribution < -0.4 is 5.73 Å². The zero-order valence-corrected chi connectivity index (χ0v) is 14.8. The Balaban J connectivity index is 3.31. The van der Waals surface area contributed by atoms with E-state index in [2.05, 4.69) is 6.92 Å². The molecule has 0 amide bonds. The van der Waals surface area contributed by atoms with Crippen molar-refractivity contribution >= 4 is 6.29 Å². The number of aliphatic hydroxyl groups is 2. The first-order chi connectivity index (χ1) is 11.2. The van der Waals surface area contributed by atoms with Gasteiger partial charge in [0.05, 0.1) is 18.8 Å². The predicted octanol–water partition coefficient (Wildman–Crippen LogP) is 3.35. The second-order valence-corrected chi connectivity index (χ2v) is 6.48. The summed E-state index contributed by atoms with van der Waals surface area (Å²) in [6, 6.07) is -0.578. The van der Waals surface area contributed by atoms with Crippen molar-refractivity contribution < 1.29 is 15.0 Å². The molecule has 0 rings (SSSR count). The SMILES string of the molecule is CCC(C=O)CCCCCCCCCC/C=C/[C@@H](O)[C@@H](N)CO. The molecule has 0 heterocycles. The van der Waals surface area contributed by atoms with Crippen molar-refractivity contribution in [3.05, 3.63) is 12.2 Å². The second-order valence-electron chi connectivity index (χ2n) is 6.48. The number of allylic oxidation sites excluding steroid dienone is 1. The Morgan fingerprint density at radius 1 is 1.00 bits per heavy atom. The third-order valence-electron chi connectivity index (χ3n) is 4.40. The Hall–Kier alpha value is -0.710. The van der Waals surface area contributed by atoms with Gasteiger partial charge in [-0.3, -0.25) is 0 Å². The molecule has 1 unspecified atom stereocenters. The molecule has 0 spiro atoms. The number of rotatable bonds is 16. The van der Waals surface area contributed by atoms with Crippen molar-refractivity contribution in [2.24, 2.45) is 11.7 Å². The minimum atomic E-state index is -0.744. The molecule has 0 aromatic heterocycles. The van der Waals surface area contributed by atoms with Gasteiger partial charge in [0.25, 0.3) is 0 Å². The number of aldehydes is 1. The summed E-state index contributed by atoms with van der Waals surface area (Å²) < 4.78 is 0. The highest BCUT2D eigenvalue weighted by molar-refractivity contribution is 5.53. The Kier molecular flexibility index (Phi) is 15.7. The zero-order chi connectivity index (χ0) is 17.3. The molecule has 0 saturated heterocycles. The molecule has 0 fully saturated rings. The predicted molar refractivity (Wildman–Crippen MR) is 96.2 cm³/mol. The van der Waals surface area contributed by atoms with E-state index in [4.69, 9.17) is 10.8 Å². The van der Waals surface area contributed by atoms with Gasteiger partial charge in [-0.1, -0.05) is 64.0 Å². The first-order valence-corrected chi connectivity index (χ1v) is 9.32. The van der Waals surface area contributed by atoms with Gasteiger partial charge in [-0.25, -0.2) is 0 Å². The monoisotopic (exact) mass is 327 g/mol. The lowest BCUT2D eigenvalue weighted by atomic mass is 9.99. The topological polar surface area (TPSA) is 83.5 Å². The van der Waals surface area contributed by atoms with E-state index in [0.717, 1.165) is 32.0 Å². The van der Waals surface area contributed by atoms with Gasteiger partial charge in [-0.15, -0.1) is 0 Å². The van der Waals surface area contributed by atoms with Crippen LogP contribution in [0.1, 0.15) is 77.6 Å². The molecular formula is C19H37NO3. The average Bonchev–Trinajstić information content (AvgIpc) is 2.58. The number of nitrogens with two attached hydrogens (primary N) is 1. The highest BCUT2D eigenvalue weighted by Crippen LogP contribution is 2.14. The van der Waals surface area contributed by atoms with Crippen LogP contribution in [0.5, 0.6) is 0 Å². The highest BCUT2D eigenvalue weighted by Gasteiger charge is 2.08. The van der Waals surface area contributed by atoms with Gasteiger partial charge in [0, 0.05) is 5.92 Å². The van der Waals surface area contributed by atoms with Gasteiger partial charge >= 0.3 is 0 Å². The lowest BCUT2D eigenvalue weighted by Gasteiger charge is -2.11. The van der Waals surface area contributed by atoms with E-state index < -0.39 is 12.1 Å². The van der Waals surface area contributed by atoms with Crippen LogP contribution in [0.4, 0.5) is 0 Å². The summed E-state index contributed by atoms with van der Waals surface area (Å²) in [5.41, 5.74) is 5.51. The first kappa shape index (κ1) is 22.3. The fourth-order valence-corrected chi connectivity index (χ4v) is 2.58. The van der Waals surface area contributed by atoms with Gasteiger partial charge in [-0.05, 0) is 25.7 Å². The number of hydrogen-bond acceptors (Lipinski definition) is 4. The van der Waals surface area contributed by atoms with Crippen molar-refractivity contribution in [1.82, 2.24) is 0 Å². The molecule has 4 heteroatoms. The van der Waals surface area contributed by atoms with E-state index in [9.17, 15) is 9.90 Å². The lowest BCUT2D eigenvalue weighted by Crippen LogP contribution is -2.36. The summed E-state index contributed by atoms with van der Waals surface area (Å²) in [5, 5.41) is 18.3. The smallest absolute Gasteiger partial charge is 0.123 e. The van der Waals surface area contributed by atoms with Gasteiger partial charge in [-0.2, -0.15) is 0 Å². The fourth-order valence-electron chi connectivity index (χ4n) is 2.58. The molecule has 23 heavy (non-hydrogen) atoms. The summed E-state index contributed by atoms with van der Waals surface area (Å²) in [5.74, 6) is 0.272. The van der Waals surface area contributed by atoms with Crippen LogP contribution in [0.2, 0.25) is 0 Å². The normalized spacial score (nSPS) is 15.7. The Morgan fingerprint density at radius 2 is 1.57 bits per heavy atom. The zero-order valence-electron chi connectivity index (χ0n) is 14.8. The summed E-state index contributed by atoms with van der Waals surface area (Å²) in [4.78, 5) is 10.7. The highest BCUT2D eigenvalue weighted by atomic mass is 16.3. The number of aliphatic hydroxyl groups excluding tert-OH is 2. The quantitative estimate of drug-likeness (QED) is 0.231. The van der Waals surface area contributed by atoms with Crippen LogP contribution >= 0.6 is 0 Å². The third kappa shape index (κ3) is 13.4. The van der Waals surface area contributed by atoms with Crippen LogP contribution in [0.25, 0.3) is 0 Å². The molecule has 0 aromatic rings. The van der Waals surface area contributed by atoms with Crippen molar-refractivity contribution in [3.63, 3.8) is 0 Å². The third-order valence-corrected chi connectivity index (χ3v) is 4.40. The van der Waals surface area contributed by atoms with Crippen LogP contribution in [-0.2, 0) is 4.79 Å². The molecule has 0 aliphatic heterocycles. The molecule has 4 nitrogen and oxygen atoms in total. The molecule has 0 bridgehead atoms. The molecule has 0 aliphatic carbocycles. The maximum Gasteiger partial charge on any atom is 0.123 e. The fraction of sp³-hybridized carbons (Fsp3) is 0.842. The maximum absolute atomic E-state index is 10.7. The number of hydrogen-bond donors (Lipinski definition) is 3. The Labute approximate surface area is 142 Å². The largest absolute Gasteiger partial charge is 0.395 e. The van der Waals surface area contributed by atoms with Crippen molar-refractivity contribution in [2.75, 3.05) is 6.61 Å². The molecule has 0 radical (unpaired) electrons. The number of carbonyl (C=O) groups excluding carboxylic acids is 1. The van der Waals surface area contributed by atoms with Crippen LogP contribution in [0.15, 0.2) is 12.2 Å². The summed E-state index contributed by atoms with van der Waals surface area (Å²) in [6.45, 7) is 1.88. The molecule has 0 saturated carbocycles. The minimum Gasteiger partial charge on any atom is -0.395 e. The molecule has 0 aliphatic rings. The Morgan fingerprint density at radius 3 is 2.09 bits per heavy atom. The molecule has 0 aromatic carbocycles. The van der Waals surface area contributed by atoms with Gasteiger partial charge in [0.1, 0.15) is 6.29 Å². The molecule has 136 valence electrons. The molecular weight excluding hydrogens is 290 g/mol. The second kappa shape index (κ2) is 16.2. The van der Waals surface area contributed by atoms with Crippen LogP contribution in [-0.4, -0.2) is 35.3 Å².